The lowest BCUT2D eigenvalue weighted by molar-refractivity contribution is 0.100. The highest BCUT2D eigenvalue weighted by atomic mass is 32.2. The zero-order valence-corrected chi connectivity index (χ0v) is 10.3. The molecule has 1 heterocycles. The smallest absolute Gasteiger partial charge is 0.279 e. The van der Waals surface area contributed by atoms with E-state index in [0.29, 0.717) is 5.56 Å². The molecule has 1 aromatic rings. The van der Waals surface area contributed by atoms with Crippen LogP contribution in [-0.2, 0) is 0 Å². The molecule has 0 unspecified atom stereocenters. The lowest BCUT2D eigenvalue weighted by atomic mass is 10.1. The van der Waals surface area contributed by atoms with Crippen molar-refractivity contribution in [2.24, 2.45) is 4.99 Å². The Hall–Kier alpha value is -1.29. The first-order chi connectivity index (χ1) is 7.66. The molecule has 2 rings (SSSR count). The van der Waals surface area contributed by atoms with Crippen LogP contribution in [0, 0.1) is 6.92 Å². The van der Waals surface area contributed by atoms with Crippen molar-refractivity contribution in [3.8, 4) is 0 Å². The fourth-order valence-corrected chi connectivity index (χ4v) is 2.45. The van der Waals surface area contributed by atoms with Gasteiger partial charge in [0.1, 0.15) is 0 Å². The number of carbonyl (C=O) groups excluding carboxylic acids is 1. The van der Waals surface area contributed by atoms with Crippen molar-refractivity contribution < 1.29 is 4.79 Å². The fourth-order valence-electron chi connectivity index (χ4n) is 1.44. The van der Waals surface area contributed by atoms with Gasteiger partial charge in [-0.2, -0.15) is 4.99 Å². The van der Waals surface area contributed by atoms with Crippen LogP contribution in [0.4, 0.5) is 0 Å². The van der Waals surface area contributed by atoms with E-state index in [9.17, 15) is 4.79 Å². The van der Waals surface area contributed by atoms with Crippen molar-refractivity contribution in [3.63, 3.8) is 0 Å². The van der Waals surface area contributed by atoms with Gasteiger partial charge in [-0.1, -0.05) is 29.5 Å². The number of carbonyl (C=O) groups is 1. The highest BCUT2D eigenvalue weighted by Crippen LogP contribution is 2.16. The Balaban J connectivity index is 2.16. The molecule has 0 saturated carbocycles. The van der Waals surface area contributed by atoms with Crippen LogP contribution in [0.2, 0.25) is 0 Å². The number of amides is 1. The van der Waals surface area contributed by atoms with Gasteiger partial charge in [-0.15, -0.1) is 0 Å². The molecule has 0 aliphatic carbocycles. The Morgan fingerprint density at radius 2 is 2.06 bits per heavy atom. The maximum absolute atomic E-state index is 11.8. The van der Waals surface area contributed by atoms with Gasteiger partial charge in [-0.25, -0.2) is 0 Å². The third-order valence-electron chi connectivity index (χ3n) is 2.48. The normalized spacial score (nSPS) is 18.1. The number of rotatable bonds is 1. The van der Waals surface area contributed by atoms with E-state index in [2.05, 4.69) is 4.99 Å². The Labute approximate surface area is 99.6 Å². The molecule has 1 fully saturated rings. The summed E-state index contributed by atoms with van der Waals surface area (Å²) in [6, 6.07) is 7.50. The van der Waals surface area contributed by atoms with Gasteiger partial charge >= 0.3 is 0 Å². The Morgan fingerprint density at radius 3 is 2.62 bits per heavy atom. The van der Waals surface area contributed by atoms with Crippen LogP contribution in [-0.4, -0.2) is 35.3 Å². The number of aliphatic imine (C=N–C) groups is 1. The van der Waals surface area contributed by atoms with Gasteiger partial charge in [0.15, 0.2) is 5.17 Å². The molecule has 1 amide bonds. The molecular weight excluding hydrogens is 220 g/mol. The summed E-state index contributed by atoms with van der Waals surface area (Å²) in [5, 5.41) is 0.825. The molecule has 0 bridgehead atoms. The van der Waals surface area contributed by atoms with Crippen LogP contribution in [0.15, 0.2) is 29.3 Å². The second-order valence-electron chi connectivity index (χ2n) is 3.84. The molecule has 0 atom stereocenters. The molecule has 0 radical (unpaired) electrons. The highest BCUT2D eigenvalue weighted by molar-refractivity contribution is 8.14. The van der Waals surface area contributed by atoms with Crippen LogP contribution in [0.3, 0.4) is 0 Å². The van der Waals surface area contributed by atoms with E-state index in [1.165, 1.54) is 0 Å². The molecule has 1 aromatic carbocycles. The molecule has 0 aromatic heterocycles. The predicted octanol–water partition coefficient (Wildman–Crippen LogP) is 2.17. The number of amidine groups is 1. The monoisotopic (exact) mass is 234 g/mol. The maximum Gasteiger partial charge on any atom is 0.279 e. The van der Waals surface area contributed by atoms with Crippen LogP contribution in [0.25, 0.3) is 0 Å². The van der Waals surface area contributed by atoms with E-state index < -0.39 is 0 Å². The quantitative estimate of drug-likeness (QED) is 0.746. The van der Waals surface area contributed by atoms with Gasteiger partial charge in [-0.05, 0) is 19.1 Å². The molecule has 4 heteroatoms. The Bertz CT molecular complexity index is 425. The molecule has 84 valence electrons. The lowest BCUT2D eigenvalue weighted by Gasteiger charge is -2.08. The Morgan fingerprint density at radius 1 is 1.38 bits per heavy atom. The standard InChI is InChI=1S/C12H14N2OS/c1-9-3-5-10(6-4-9)11(15)13-12-14(2)7-8-16-12/h3-6H,7-8H2,1-2H3. The van der Waals surface area contributed by atoms with Gasteiger partial charge in [-0.3, -0.25) is 4.79 Å². The van der Waals surface area contributed by atoms with Gasteiger partial charge in [0, 0.05) is 24.9 Å². The second kappa shape index (κ2) is 4.70. The fraction of sp³-hybridized carbons (Fsp3) is 0.333. The van der Waals surface area contributed by atoms with Crippen LogP contribution in [0.5, 0.6) is 0 Å². The topological polar surface area (TPSA) is 32.7 Å². The van der Waals surface area contributed by atoms with E-state index in [1.807, 2.05) is 43.1 Å². The van der Waals surface area contributed by atoms with Crippen molar-refractivity contribution in [1.82, 2.24) is 4.90 Å². The number of benzene rings is 1. The van der Waals surface area contributed by atoms with Crippen molar-refractivity contribution in [2.45, 2.75) is 6.92 Å². The zero-order valence-electron chi connectivity index (χ0n) is 9.43. The molecule has 0 spiro atoms. The average molecular weight is 234 g/mol. The lowest BCUT2D eigenvalue weighted by Crippen LogP contribution is -2.19. The third-order valence-corrected chi connectivity index (χ3v) is 3.53. The largest absolute Gasteiger partial charge is 0.353 e. The number of thioether (sulfide) groups is 1. The van der Waals surface area contributed by atoms with Crippen molar-refractivity contribution in [3.05, 3.63) is 35.4 Å². The molecule has 3 nitrogen and oxygen atoms in total. The molecule has 1 aliphatic heterocycles. The third kappa shape index (κ3) is 2.44. The summed E-state index contributed by atoms with van der Waals surface area (Å²) < 4.78 is 0. The van der Waals surface area contributed by atoms with Crippen LogP contribution >= 0.6 is 11.8 Å². The van der Waals surface area contributed by atoms with Gasteiger partial charge < -0.3 is 4.90 Å². The molecule has 1 aliphatic rings. The van der Waals surface area contributed by atoms with Gasteiger partial charge in [0.2, 0.25) is 0 Å². The SMILES string of the molecule is Cc1ccc(C(=O)N=C2SCCN2C)cc1. The summed E-state index contributed by atoms with van der Waals surface area (Å²) >= 11 is 1.63. The predicted molar refractivity (Wildman–Crippen MR) is 68.0 cm³/mol. The summed E-state index contributed by atoms with van der Waals surface area (Å²) in [6.07, 6.45) is 0. The first-order valence-electron chi connectivity index (χ1n) is 5.20. The summed E-state index contributed by atoms with van der Waals surface area (Å²) in [5.41, 5.74) is 1.80. The minimum atomic E-state index is -0.156. The van der Waals surface area contributed by atoms with E-state index in [1.54, 1.807) is 11.8 Å². The van der Waals surface area contributed by atoms with Crippen molar-refractivity contribution in [1.29, 1.82) is 0 Å². The number of nitrogens with zero attached hydrogens (tertiary/aromatic N) is 2. The molecule has 16 heavy (non-hydrogen) atoms. The number of hydrogen-bond donors (Lipinski definition) is 0. The van der Waals surface area contributed by atoms with Crippen molar-refractivity contribution in [2.75, 3.05) is 19.3 Å². The summed E-state index contributed by atoms with van der Waals surface area (Å²) in [7, 11) is 1.96. The average Bonchev–Trinajstić information content (AvgIpc) is 2.65. The number of hydrogen-bond acceptors (Lipinski definition) is 2. The molecular formula is C12H14N2OS. The number of aryl methyl sites for hydroxylation is 1. The van der Waals surface area contributed by atoms with Gasteiger partial charge in [0.25, 0.3) is 5.91 Å². The molecule has 1 saturated heterocycles. The Kier molecular flexibility index (Phi) is 3.29. The first kappa shape index (κ1) is 11.2. The van der Waals surface area contributed by atoms with Crippen molar-refractivity contribution >= 4 is 22.8 Å². The van der Waals surface area contributed by atoms with Crippen LogP contribution < -0.4 is 0 Å². The second-order valence-corrected chi connectivity index (χ2v) is 4.90. The molecule has 0 N–H and O–H groups in total. The van der Waals surface area contributed by atoms with E-state index in [0.717, 1.165) is 23.0 Å². The van der Waals surface area contributed by atoms with E-state index >= 15 is 0 Å². The van der Waals surface area contributed by atoms with E-state index in [4.69, 9.17) is 0 Å². The highest BCUT2D eigenvalue weighted by Gasteiger charge is 2.16. The first-order valence-corrected chi connectivity index (χ1v) is 6.19. The summed E-state index contributed by atoms with van der Waals surface area (Å²) in [4.78, 5) is 18.0. The maximum atomic E-state index is 11.8. The van der Waals surface area contributed by atoms with Crippen LogP contribution in [0.1, 0.15) is 15.9 Å². The zero-order chi connectivity index (χ0) is 11.5. The minimum Gasteiger partial charge on any atom is -0.353 e. The van der Waals surface area contributed by atoms with Gasteiger partial charge in [0.05, 0.1) is 0 Å². The minimum absolute atomic E-state index is 0.156. The summed E-state index contributed by atoms with van der Waals surface area (Å²) in [5.74, 6) is 0.854. The summed E-state index contributed by atoms with van der Waals surface area (Å²) in [6.45, 7) is 2.96. The van der Waals surface area contributed by atoms with E-state index in [-0.39, 0.29) is 5.91 Å².